The average Bonchev–Trinajstić information content (AvgIpc) is 3.04. The second kappa shape index (κ2) is 10.8. The van der Waals surface area contributed by atoms with Gasteiger partial charge in [-0.25, -0.2) is 0 Å². The molecule has 1 saturated heterocycles. The van der Waals surface area contributed by atoms with Gasteiger partial charge in [-0.1, -0.05) is 66.7 Å². The van der Waals surface area contributed by atoms with Crippen LogP contribution in [0.1, 0.15) is 36.0 Å². The summed E-state index contributed by atoms with van der Waals surface area (Å²) < 4.78 is 5.98. The van der Waals surface area contributed by atoms with Crippen LogP contribution in [-0.2, 0) is 13.2 Å². The van der Waals surface area contributed by atoms with Crippen LogP contribution >= 0.6 is 0 Å². The molecule has 0 unspecified atom stereocenters. The highest BCUT2D eigenvalue weighted by molar-refractivity contribution is 5.85. The molecule has 1 N–H and O–H groups in total. The summed E-state index contributed by atoms with van der Waals surface area (Å²) in [6, 6.07) is 27.1. The zero-order valence-electron chi connectivity index (χ0n) is 18.3. The highest BCUT2D eigenvalue weighted by atomic mass is 16.5. The lowest BCUT2D eigenvalue weighted by atomic mass is 10.2. The molecule has 1 aliphatic heterocycles. The Bertz CT molecular complexity index is 986. The van der Waals surface area contributed by atoms with Crippen molar-refractivity contribution in [3.05, 3.63) is 95.6 Å². The Labute approximate surface area is 185 Å². The van der Waals surface area contributed by atoms with E-state index < -0.39 is 0 Å². The largest absolute Gasteiger partial charge is 0.489 e. The van der Waals surface area contributed by atoms with E-state index in [1.165, 1.54) is 11.3 Å². The maximum atomic E-state index is 5.98. The molecule has 0 amide bonds. The van der Waals surface area contributed by atoms with Crippen molar-refractivity contribution in [1.82, 2.24) is 4.90 Å². The van der Waals surface area contributed by atoms with Gasteiger partial charge < -0.3 is 4.74 Å². The molecule has 3 aromatic carbocycles. The summed E-state index contributed by atoms with van der Waals surface area (Å²) in [6.07, 6.45) is 3.19. The topological polar surface area (TPSA) is 36.9 Å². The van der Waals surface area contributed by atoms with Crippen molar-refractivity contribution >= 4 is 11.4 Å². The average molecular weight is 414 g/mol. The molecule has 1 aliphatic rings. The number of hydrogen-bond donors (Lipinski definition) is 1. The summed E-state index contributed by atoms with van der Waals surface area (Å²) in [5, 5.41) is 4.76. The van der Waals surface area contributed by atoms with Crippen molar-refractivity contribution < 1.29 is 4.74 Å². The van der Waals surface area contributed by atoms with Gasteiger partial charge in [-0.2, -0.15) is 5.10 Å². The van der Waals surface area contributed by atoms with Crippen molar-refractivity contribution in [3.63, 3.8) is 0 Å². The number of benzene rings is 3. The fourth-order valence-electron chi connectivity index (χ4n) is 3.83. The summed E-state index contributed by atoms with van der Waals surface area (Å²) in [5.41, 5.74) is 9.25. The second-order valence-corrected chi connectivity index (χ2v) is 8.16. The van der Waals surface area contributed by atoms with Gasteiger partial charge in [0, 0.05) is 31.3 Å². The number of anilines is 1. The molecule has 4 rings (SSSR count). The van der Waals surface area contributed by atoms with Crippen molar-refractivity contribution in [2.75, 3.05) is 18.5 Å². The van der Waals surface area contributed by atoms with Gasteiger partial charge in [-0.05, 0) is 49.1 Å². The van der Waals surface area contributed by atoms with Gasteiger partial charge in [0.05, 0.1) is 5.69 Å². The van der Waals surface area contributed by atoms with Gasteiger partial charge in [0.1, 0.15) is 12.4 Å². The maximum Gasteiger partial charge on any atom is 0.121 e. The Morgan fingerprint density at radius 3 is 2.39 bits per heavy atom. The minimum absolute atomic E-state index is 0.565. The predicted octanol–water partition coefficient (Wildman–Crippen LogP) is 6.03. The van der Waals surface area contributed by atoms with Crippen LogP contribution in [0.15, 0.2) is 84.0 Å². The fraction of sp³-hybridized carbons (Fsp3) is 0.296. The summed E-state index contributed by atoms with van der Waals surface area (Å²) in [4.78, 5) is 2.53. The van der Waals surface area contributed by atoms with Crippen molar-refractivity contribution in [1.29, 1.82) is 0 Å². The standard InChI is InChI=1S/C27H31N3O/c1-22-14-15-26(31-21-24-11-6-3-7-12-24)19-27(22)29-28-25-13-8-17-30(18-16-25)20-23-9-4-2-5-10-23/h2-7,9-12,14-15,19,29H,8,13,16-18,20-21H2,1H3/b28-25+. The van der Waals surface area contributed by atoms with Gasteiger partial charge in [-0.15, -0.1) is 0 Å². The summed E-state index contributed by atoms with van der Waals surface area (Å²) in [6.45, 7) is 5.85. The third-order valence-electron chi connectivity index (χ3n) is 5.70. The molecule has 0 atom stereocenters. The Balaban J connectivity index is 1.33. The molecule has 3 aromatic rings. The molecule has 31 heavy (non-hydrogen) atoms. The summed E-state index contributed by atoms with van der Waals surface area (Å²) in [7, 11) is 0. The number of aryl methyl sites for hydroxylation is 1. The maximum absolute atomic E-state index is 5.98. The SMILES string of the molecule is Cc1ccc(OCc2ccccc2)cc1N/N=C1\CCCN(Cc2ccccc2)CC1. The Hall–Kier alpha value is -3.11. The van der Waals surface area contributed by atoms with Gasteiger partial charge >= 0.3 is 0 Å². The molecule has 0 bridgehead atoms. The van der Waals surface area contributed by atoms with E-state index in [1.54, 1.807) is 0 Å². The van der Waals surface area contributed by atoms with Crippen LogP contribution in [0.4, 0.5) is 5.69 Å². The van der Waals surface area contributed by atoms with Crippen molar-refractivity contribution in [3.8, 4) is 5.75 Å². The van der Waals surface area contributed by atoms with Crippen LogP contribution in [0, 0.1) is 6.92 Å². The molecular formula is C27H31N3O. The third kappa shape index (κ3) is 6.43. The Morgan fingerprint density at radius 2 is 1.61 bits per heavy atom. The first-order valence-electron chi connectivity index (χ1n) is 11.1. The lowest BCUT2D eigenvalue weighted by molar-refractivity contribution is 0.279. The van der Waals surface area contributed by atoms with E-state index in [2.05, 4.69) is 65.8 Å². The highest BCUT2D eigenvalue weighted by Crippen LogP contribution is 2.23. The number of nitrogens with zero attached hydrogens (tertiary/aromatic N) is 2. The van der Waals surface area contributed by atoms with E-state index in [0.717, 1.165) is 61.5 Å². The summed E-state index contributed by atoms with van der Waals surface area (Å²) in [5.74, 6) is 0.854. The molecule has 0 radical (unpaired) electrons. The molecule has 4 heteroatoms. The van der Waals surface area contributed by atoms with Gasteiger partial charge in [0.15, 0.2) is 0 Å². The quantitative estimate of drug-likeness (QED) is 0.481. The molecule has 0 saturated carbocycles. The predicted molar refractivity (Wildman–Crippen MR) is 129 cm³/mol. The van der Waals surface area contributed by atoms with E-state index in [4.69, 9.17) is 9.84 Å². The molecule has 160 valence electrons. The lowest BCUT2D eigenvalue weighted by Crippen LogP contribution is -2.24. The van der Waals surface area contributed by atoms with Crippen LogP contribution in [0.25, 0.3) is 0 Å². The first-order chi connectivity index (χ1) is 15.3. The van der Waals surface area contributed by atoms with Crippen molar-refractivity contribution in [2.45, 2.75) is 39.3 Å². The van der Waals surface area contributed by atoms with Gasteiger partial charge in [0.2, 0.25) is 0 Å². The minimum Gasteiger partial charge on any atom is -0.489 e. The van der Waals surface area contributed by atoms with Crippen LogP contribution in [0.2, 0.25) is 0 Å². The van der Waals surface area contributed by atoms with Crippen LogP contribution < -0.4 is 10.2 Å². The number of hydrazone groups is 1. The highest BCUT2D eigenvalue weighted by Gasteiger charge is 2.13. The third-order valence-corrected chi connectivity index (χ3v) is 5.70. The summed E-state index contributed by atoms with van der Waals surface area (Å²) >= 11 is 0. The van der Waals surface area contributed by atoms with E-state index in [1.807, 2.05) is 30.3 Å². The zero-order chi connectivity index (χ0) is 21.3. The number of ether oxygens (including phenoxy) is 1. The smallest absolute Gasteiger partial charge is 0.121 e. The number of hydrogen-bond acceptors (Lipinski definition) is 4. The Kier molecular flexibility index (Phi) is 7.35. The van der Waals surface area contributed by atoms with Crippen LogP contribution in [-0.4, -0.2) is 23.7 Å². The lowest BCUT2D eigenvalue weighted by Gasteiger charge is -2.19. The molecule has 4 nitrogen and oxygen atoms in total. The van der Waals surface area contributed by atoms with Crippen LogP contribution in [0.5, 0.6) is 5.75 Å². The first-order valence-corrected chi connectivity index (χ1v) is 11.1. The number of likely N-dealkylation sites (tertiary alicyclic amines) is 1. The molecule has 0 spiro atoms. The molecule has 1 heterocycles. The van der Waals surface area contributed by atoms with Gasteiger partial charge in [0.25, 0.3) is 0 Å². The molecule has 1 fully saturated rings. The monoisotopic (exact) mass is 413 g/mol. The zero-order valence-corrected chi connectivity index (χ0v) is 18.3. The first kappa shape index (κ1) is 21.1. The fourth-order valence-corrected chi connectivity index (χ4v) is 3.83. The second-order valence-electron chi connectivity index (χ2n) is 8.16. The van der Waals surface area contributed by atoms with E-state index in [0.29, 0.717) is 6.61 Å². The number of rotatable bonds is 7. The molecular weight excluding hydrogens is 382 g/mol. The minimum atomic E-state index is 0.565. The van der Waals surface area contributed by atoms with E-state index in [-0.39, 0.29) is 0 Å². The van der Waals surface area contributed by atoms with Crippen LogP contribution in [0.3, 0.4) is 0 Å². The normalized spacial score (nSPS) is 16.1. The molecule has 0 aliphatic carbocycles. The van der Waals surface area contributed by atoms with Gasteiger partial charge in [-0.3, -0.25) is 10.3 Å². The van der Waals surface area contributed by atoms with E-state index in [9.17, 15) is 0 Å². The number of nitrogens with one attached hydrogen (secondary N) is 1. The van der Waals surface area contributed by atoms with E-state index >= 15 is 0 Å². The molecule has 0 aromatic heterocycles. The Morgan fingerprint density at radius 1 is 0.871 bits per heavy atom. The van der Waals surface area contributed by atoms with Crippen molar-refractivity contribution in [2.24, 2.45) is 5.10 Å².